The van der Waals surface area contributed by atoms with Crippen molar-refractivity contribution >= 4 is 43.9 Å². The Morgan fingerprint density at radius 2 is 1.87 bits per heavy atom. The van der Waals surface area contributed by atoms with Crippen LogP contribution >= 0.6 is 11.6 Å². The minimum Gasteiger partial charge on any atom is -0.354 e. The summed E-state index contributed by atoms with van der Waals surface area (Å²) in [7, 11) is -4.20. The van der Waals surface area contributed by atoms with Gasteiger partial charge in [0.1, 0.15) is 0 Å². The number of carbonyl (C=O) groups excluding carboxylic acids is 1. The zero-order valence-electron chi connectivity index (χ0n) is 12.2. The van der Waals surface area contributed by atoms with E-state index in [4.69, 9.17) is 11.6 Å². The maximum atomic E-state index is 11.9. The fourth-order valence-electron chi connectivity index (χ4n) is 1.70. The lowest BCUT2D eigenvalue weighted by molar-refractivity contribution is 0.259. The summed E-state index contributed by atoms with van der Waals surface area (Å²) in [4.78, 5) is 15.4. The van der Waals surface area contributed by atoms with Crippen LogP contribution in [-0.2, 0) is 10.0 Å². The van der Waals surface area contributed by atoms with Crippen molar-refractivity contribution in [2.75, 3.05) is 16.6 Å². The van der Waals surface area contributed by atoms with Gasteiger partial charge in [0.15, 0.2) is 0 Å². The molecule has 0 fully saturated rings. The second-order valence-electron chi connectivity index (χ2n) is 4.48. The van der Waals surface area contributed by atoms with Gasteiger partial charge in [-0.3, -0.25) is 14.5 Å². The molecule has 1 heterocycles. The largest absolute Gasteiger partial charge is 0.356 e. The lowest BCUT2D eigenvalue weighted by Crippen LogP contribution is -2.33. The standard InChI is InChI=1S/C14H15ClN4O3S/c1-2-17-14(20)23(21,22)19-13-9-16-8-7-12(13)18-11-5-3-10(15)4-6-11/h3-9,19H,2H2,1H3,(H,16,18)(H,17,20). The number of carbonyl (C=O) groups is 1. The molecule has 0 aliphatic rings. The monoisotopic (exact) mass is 354 g/mol. The number of benzene rings is 1. The molecule has 0 radical (unpaired) electrons. The van der Waals surface area contributed by atoms with Crippen molar-refractivity contribution in [2.45, 2.75) is 6.92 Å². The van der Waals surface area contributed by atoms with Crippen molar-refractivity contribution < 1.29 is 13.2 Å². The van der Waals surface area contributed by atoms with Crippen LogP contribution in [0.5, 0.6) is 0 Å². The molecule has 0 aliphatic carbocycles. The highest BCUT2D eigenvalue weighted by Crippen LogP contribution is 2.26. The van der Waals surface area contributed by atoms with E-state index >= 15 is 0 Å². The fourth-order valence-corrected chi connectivity index (χ4v) is 2.71. The molecule has 0 aliphatic heterocycles. The number of halogens is 1. The Balaban J connectivity index is 2.24. The number of amides is 1. The van der Waals surface area contributed by atoms with Gasteiger partial charge in [0, 0.05) is 23.5 Å². The highest BCUT2D eigenvalue weighted by atomic mass is 35.5. The molecule has 3 N–H and O–H groups in total. The van der Waals surface area contributed by atoms with Crippen LogP contribution in [0, 0.1) is 0 Å². The van der Waals surface area contributed by atoms with E-state index in [1.54, 1.807) is 37.3 Å². The van der Waals surface area contributed by atoms with Crippen molar-refractivity contribution in [1.29, 1.82) is 0 Å². The molecule has 0 unspecified atom stereocenters. The number of nitrogens with one attached hydrogen (secondary N) is 3. The van der Waals surface area contributed by atoms with E-state index in [0.717, 1.165) is 0 Å². The quantitative estimate of drug-likeness (QED) is 0.766. The van der Waals surface area contributed by atoms with E-state index in [0.29, 0.717) is 16.4 Å². The van der Waals surface area contributed by atoms with Gasteiger partial charge in [-0.15, -0.1) is 0 Å². The Morgan fingerprint density at radius 1 is 1.17 bits per heavy atom. The molecule has 0 saturated carbocycles. The SMILES string of the molecule is CCNC(=O)S(=O)(=O)Nc1cnccc1Nc1ccc(Cl)cc1. The Hall–Kier alpha value is -2.32. The third-order valence-electron chi connectivity index (χ3n) is 2.75. The van der Waals surface area contributed by atoms with Crippen LogP contribution < -0.4 is 15.4 Å². The van der Waals surface area contributed by atoms with Gasteiger partial charge in [-0.05, 0) is 37.3 Å². The predicted molar refractivity (Wildman–Crippen MR) is 90.6 cm³/mol. The number of anilines is 3. The average Bonchev–Trinajstić information content (AvgIpc) is 2.51. The number of pyridine rings is 1. The molecule has 9 heteroatoms. The minimum atomic E-state index is -4.20. The van der Waals surface area contributed by atoms with Crippen LogP contribution in [0.2, 0.25) is 5.02 Å². The van der Waals surface area contributed by atoms with E-state index in [1.807, 2.05) is 0 Å². The zero-order chi connectivity index (χ0) is 16.9. The molecule has 1 aromatic carbocycles. The van der Waals surface area contributed by atoms with Crippen molar-refractivity contribution in [3.63, 3.8) is 0 Å². The molecule has 2 aromatic rings. The lowest BCUT2D eigenvalue weighted by atomic mass is 10.3. The summed E-state index contributed by atoms with van der Waals surface area (Å²) in [5.41, 5.74) is 1.32. The predicted octanol–water partition coefficient (Wildman–Crippen LogP) is 2.95. The zero-order valence-corrected chi connectivity index (χ0v) is 13.8. The van der Waals surface area contributed by atoms with Crippen molar-refractivity contribution in [2.24, 2.45) is 0 Å². The summed E-state index contributed by atoms with van der Waals surface area (Å²) >= 11 is 5.82. The highest BCUT2D eigenvalue weighted by molar-refractivity contribution is 8.07. The van der Waals surface area contributed by atoms with E-state index in [-0.39, 0.29) is 12.2 Å². The molecule has 0 atom stereocenters. The average molecular weight is 355 g/mol. The molecule has 7 nitrogen and oxygen atoms in total. The summed E-state index contributed by atoms with van der Waals surface area (Å²) in [5, 5.41) is 4.76. The van der Waals surface area contributed by atoms with Crippen LogP contribution in [0.1, 0.15) is 6.92 Å². The van der Waals surface area contributed by atoms with Gasteiger partial charge in [0.2, 0.25) is 0 Å². The summed E-state index contributed by atoms with van der Waals surface area (Å²) in [6.07, 6.45) is 2.82. The summed E-state index contributed by atoms with van der Waals surface area (Å²) in [5.74, 6) is 0. The van der Waals surface area contributed by atoms with E-state index in [9.17, 15) is 13.2 Å². The number of hydrogen-bond acceptors (Lipinski definition) is 5. The molecule has 122 valence electrons. The first-order valence-corrected chi connectivity index (χ1v) is 8.55. The molecule has 1 amide bonds. The molecule has 0 bridgehead atoms. The molecule has 0 saturated heterocycles. The highest BCUT2D eigenvalue weighted by Gasteiger charge is 2.22. The van der Waals surface area contributed by atoms with Crippen molar-refractivity contribution in [3.8, 4) is 0 Å². The van der Waals surface area contributed by atoms with E-state index in [2.05, 4.69) is 20.3 Å². The minimum absolute atomic E-state index is 0.161. The summed E-state index contributed by atoms with van der Waals surface area (Å²) < 4.78 is 26.1. The second-order valence-corrected chi connectivity index (χ2v) is 6.49. The van der Waals surface area contributed by atoms with Crippen LogP contribution in [0.3, 0.4) is 0 Å². The Bertz CT molecular complexity index is 794. The normalized spacial score (nSPS) is 10.9. The molecular weight excluding hydrogens is 340 g/mol. The van der Waals surface area contributed by atoms with E-state index in [1.165, 1.54) is 12.4 Å². The number of hydrogen-bond donors (Lipinski definition) is 3. The first-order chi connectivity index (χ1) is 10.9. The van der Waals surface area contributed by atoms with Crippen LogP contribution in [0.4, 0.5) is 21.9 Å². The topological polar surface area (TPSA) is 100 Å². The molecular formula is C14H15ClN4O3S. The second kappa shape index (κ2) is 7.30. The van der Waals surface area contributed by atoms with Crippen LogP contribution in [0.15, 0.2) is 42.7 Å². The Kier molecular flexibility index (Phi) is 5.41. The van der Waals surface area contributed by atoms with Crippen molar-refractivity contribution in [1.82, 2.24) is 10.3 Å². The molecule has 1 aromatic heterocycles. The molecule has 2 rings (SSSR count). The van der Waals surface area contributed by atoms with Crippen molar-refractivity contribution in [3.05, 3.63) is 47.7 Å². The first-order valence-electron chi connectivity index (χ1n) is 6.69. The number of rotatable bonds is 5. The first kappa shape index (κ1) is 17.0. The van der Waals surface area contributed by atoms with Crippen LogP contribution in [0.25, 0.3) is 0 Å². The van der Waals surface area contributed by atoms with Gasteiger partial charge < -0.3 is 10.6 Å². The summed E-state index contributed by atoms with van der Waals surface area (Å²) in [6, 6.07) is 8.47. The Morgan fingerprint density at radius 3 is 2.52 bits per heavy atom. The maximum absolute atomic E-state index is 11.9. The number of sulfonamides is 1. The van der Waals surface area contributed by atoms with Gasteiger partial charge in [-0.1, -0.05) is 11.6 Å². The third kappa shape index (κ3) is 4.57. The Labute approximate surface area is 139 Å². The molecule has 0 spiro atoms. The van der Waals surface area contributed by atoms with E-state index < -0.39 is 15.3 Å². The van der Waals surface area contributed by atoms with Gasteiger partial charge >= 0.3 is 15.3 Å². The molecule has 23 heavy (non-hydrogen) atoms. The van der Waals surface area contributed by atoms with Gasteiger partial charge in [-0.2, -0.15) is 8.42 Å². The van der Waals surface area contributed by atoms with Gasteiger partial charge in [-0.25, -0.2) is 0 Å². The van der Waals surface area contributed by atoms with Gasteiger partial charge in [0.25, 0.3) is 0 Å². The number of aromatic nitrogens is 1. The maximum Gasteiger partial charge on any atom is 0.356 e. The smallest absolute Gasteiger partial charge is 0.354 e. The summed E-state index contributed by atoms with van der Waals surface area (Å²) in [6.45, 7) is 1.84. The fraction of sp³-hybridized carbons (Fsp3) is 0.143. The number of nitrogens with zero attached hydrogens (tertiary/aromatic N) is 1. The lowest BCUT2D eigenvalue weighted by Gasteiger charge is -2.13. The van der Waals surface area contributed by atoms with Gasteiger partial charge in [0.05, 0.1) is 17.6 Å². The third-order valence-corrected chi connectivity index (χ3v) is 4.13. The van der Waals surface area contributed by atoms with Crippen LogP contribution in [-0.4, -0.2) is 25.2 Å².